The van der Waals surface area contributed by atoms with E-state index in [-0.39, 0.29) is 0 Å². The number of methoxy groups -OCH3 is 2. The Morgan fingerprint density at radius 2 is 1.25 bits per heavy atom. The lowest BCUT2D eigenvalue weighted by molar-refractivity contribution is 0.0553. The SMILES string of the molecule is CCc1c(C)c(C)c(C(=O)OC)c(C(=O)OC)c1CC. The fourth-order valence-electron chi connectivity index (χ4n) is 2.68. The standard InChI is InChI=1S/C16H22O4/c1-7-11-9(3)10(4)13(15(17)19-5)14(12(11)8-2)16(18)20-6/h7-8H2,1-6H3. The maximum absolute atomic E-state index is 12.1. The maximum Gasteiger partial charge on any atom is 0.339 e. The highest BCUT2D eigenvalue weighted by molar-refractivity contribution is 6.05. The summed E-state index contributed by atoms with van der Waals surface area (Å²) in [4.78, 5) is 24.2. The molecule has 1 aromatic carbocycles. The Balaban J connectivity index is 3.86. The van der Waals surface area contributed by atoms with E-state index in [1.54, 1.807) is 0 Å². The van der Waals surface area contributed by atoms with E-state index >= 15 is 0 Å². The molecule has 4 nitrogen and oxygen atoms in total. The van der Waals surface area contributed by atoms with Gasteiger partial charge in [-0.2, -0.15) is 0 Å². The Morgan fingerprint density at radius 1 is 0.800 bits per heavy atom. The van der Waals surface area contributed by atoms with Crippen LogP contribution in [0.15, 0.2) is 0 Å². The van der Waals surface area contributed by atoms with Gasteiger partial charge in [-0.1, -0.05) is 13.8 Å². The number of carbonyl (C=O) groups is 2. The smallest absolute Gasteiger partial charge is 0.339 e. The molecule has 4 heteroatoms. The summed E-state index contributed by atoms with van der Waals surface area (Å²) in [5.74, 6) is -0.983. The molecule has 20 heavy (non-hydrogen) atoms. The van der Waals surface area contributed by atoms with Crippen LogP contribution < -0.4 is 0 Å². The van der Waals surface area contributed by atoms with Crippen LogP contribution in [-0.4, -0.2) is 26.2 Å². The van der Waals surface area contributed by atoms with Crippen LogP contribution in [0.3, 0.4) is 0 Å². The largest absolute Gasteiger partial charge is 0.465 e. The van der Waals surface area contributed by atoms with Crippen molar-refractivity contribution in [3.05, 3.63) is 33.4 Å². The predicted octanol–water partition coefficient (Wildman–Crippen LogP) is 3.00. The first-order valence-electron chi connectivity index (χ1n) is 6.75. The summed E-state index contributed by atoms with van der Waals surface area (Å²) in [7, 11) is 2.64. The molecule has 0 spiro atoms. The van der Waals surface area contributed by atoms with Gasteiger partial charge in [0.1, 0.15) is 0 Å². The predicted molar refractivity (Wildman–Crippen MR) is 77.4 cm³/mol. The summed E-state index contributed by atoms with van der Waals surface area (Å²) < 4.78 is 9.70. The first-order chi connectivity index (χ1) is 9.44. The van der Waals surface area contributed by atoms with Crippen molar-refractivity contribution in [1.29, 1.82) is 0 Å². The van der Waals surface area contributed by atoms with E-state index < -0.39 is 11.9 Å². The second kappa shape index (κ2) is 6.55. The van der Waals surface area contributed by atoms with Crippen molar-refractivity contribution in [3.8, 4) is 0 Å². The minimum atomic E-state index is -0.497. The average Bonchev–Trinajstić information content (AvgIpc) is 2.47. The Bertz CT molecular complexity index is 544. The molecule has 110 valence electrons. The van der Waals surface area contributed by atoms with Crippen LogP contribution in [0.5, 0.6) is 0 Å². The normalized spacial score (nSPS) is 10.3. The van der Waals surface area contributed by atoms with Crippen LogP contribution in [0.25, 0.3) is 0 Å². The molecule has 0 aliphatic heterocycles. The quantitative estimate of drug-likeness (QED) is 0.794. The fraction of sp³-hybridized carbons (Fsp3) is 0.500. The van der Waals surface area contributed by atoms with Crippen LogP contribution in [-0.2, 0) is 22.3 Å². The van der Waals surface area contributed by atoms with E-state index in [4.69, 9.17) is 9.47 Å². The van der Waals surface area contributed by atoms with E-state index in [0.29, 0.717) is 17.5 Å². The molecule has 0 aromatic heterocycles. The van der Waals surface area contributed by atoms with Gasteiger partial charge >= 0.3 is 11.9 Å². The fourth-order valence-corrected chi connectivity index (χ4v) is 2.68. The highest BCUT2D eigenvalue weighted by Gasteiger charge is 2.27. The molecule has 0 radical (unpaired) electrons. The molecular weight excluding hydrogens is 256 g/mol. The number of hydrogen-bond donors (Lipinski definition) is 0. The van der Waals surface area contributed by atoms with Crippen molar-refractivity contribution in [2.24, 2.45) is 0 Å². The number of ether oxygens (including phenoxy) is 2. The topological polar surface area (TPSA) is 52.6 Å². The van der Waals surface area contributed by atoms with Crippen molar-refractivity contribution < 1.29 is 19.1 Å². The van der Waals surface area contributed by atoms with Gasteiger partial charge in [0.2, 0.25) is 0 Å². The molecule has 0 fully saturated rings. The van der Waals surface area contributed by atoms with Gasteiger partial charge in [-0.05, 0) is 48.9 Å². The third kappa shape index (κ3) is 2.55. The van der Waals surface area contributed by atoms with Gasteiger partial charge in [0, 0.05) is 0 Å². The maximum atomic E-state index is 12.1. The highest BCUT2D eigenvalue weighted by atomic mass is 16.5. The number of rotatable bonds is 4. The molecule has 0 bridgehead atoms. The summed E-state index contributed by atoms with van der Waals surface area (Å²) in [5.41, 5.74) is 4.48. The van der Waals surface area contributed by atoms with Gasteiger partial charge in [-0.25, -0.2) is 9.59 Å². The van der Waals surface area contributed by atoms with Gasteiger partial charge in [0.25, 0.3) is 0 Å². The van der Waals surface area contributed by atoms with E-state index in [2.05, 4.69) is 0 Å². The molecule has 0 N–H and O–H groups in total. The Kier molecular flexibility index (Phi) is 5.31. The Hall–Kier alpha value is -1.84. The molecule has 0 heterocycles. The zero-order chi connectivity index (χ0) is 15.4. The van der Waals surface area contributed by atoms with Crippen LogP contribution >= 0.6 is 0 Å². The lowest BCUT2D eigenvalue weighted by Gasteiger charge is -2.20. The third-order valence-electron chi connectivity index (χ3n) is 3.79. The molecule has 0 aliphatic rings. The van der Waals surface area contributed by atoms with Gasteiger partial charge in [0.05, 0.1) is 25.3 Å². The molecule has 0 unspecified atom stereocenters. The molecule has 0 saturated heterocycles. The van der Waals surface area contributed by atoms with Gasteiger partial charge in [0.15, 0.2) is 0 Å². The summed E-state index contributed by atoms with van der Waals surface area (Å²) >= 11 is 0. The van der Waals surface area contributed by atoms with E-state index in [9.17, 15) is 9.59 Å². The van der Waals surface area contributed by atoms with E-state index in [1.807, 2.05) is 27.7 Å². The van der Waals surface area contributed by atoms with Gasteiger partial charge in [-0.15, -0.1) is 0 Å². The first kappa shape index (κ1) is 16.2. The third-order valence-corrected chi connectivity index (χ3v) is 3.79. The Labute approximate surface area is 120 Å². The van der Waals surface area contributed by atoms with Crippen LogP contribution in [0, 0.1) is 13.8 Å². The minimum absolute atomic E-state index is 0.325. The Morgan fingerprint density at radius 3 is 1.65 bits per heavy atom. The van der Waals surface area contributed by atoms with E-state index in [0.717, 1.165) is 28.7 Å². The van der Waals surface area contributed by atoms with Gasteiger partial charge in [-0.3, -0.25) is 0 Å². The van der Waals surface area contributed by atoms with E-state index in [1.165, 1.54) is 14.2 Å². The molecule has 0 atom stereocenters. The molecule has 0 aliphatic carbocycles. The molecule has 0 amide bonds. The summed E-state index contributed by atoms with van der Waals surface area (Å²) in [6.45, 7) is 7.82. The second-order valence-electron chi connectivity index (χ2n) is 4.65. The van der Waals surface area contributed by atoms with Crippen LogP contribution in [0.4, 0.5) is 0 Å². The first-order valence-corrected chi connectivity index (χ1v) is 6.75. The zero-order valence-corrected chi connectivity index (χ0v) is 13.0. The number of benzene rings is 1. The van der Waals surface area contributed by atoms with Crippen molar-refractivity contribution in [2.45, 2.75) is 40.5 Å². The lowest BCUT2D eigenvalue weighted by atomic mass is 9.85. The summed E-state index contributed by atoms with van der Waals surface area (Å²) in [6, 6.07) is 0. The molecule has 1 rings (SSSR count). The van der Waals surface area contributed by atoms with Crippen molar-refractivity contribution >= 4 is 11.9 Å². The average molecular weight is 278 g/mol. The summed E-state index contributed by atoms with van der Waals surface area (Å²) in [5, 5.41) is 0. The second-order valence-corrected chi connectivity index (χ2v) is 4.65. The van der Waals surface area contributed by atoms with Crippen LogP contribution in [0.2, 0.25) is 0 Å². The van der Waals surface area contributed by atoms with Crippen molar-refractivity contribution in [1.82, 2.24) is 0 Å². The van der Waals surface area contributed by atoms with Gasteiger partial charge < -0.3 is 9.47 Å². The van der Waals surface area contributed by atoms with Crippen molar-refractivity contribution in [3.63, 3.8) is 0 Å². The molecule has 0 saturated carbocycles. The van der Waals surface area contributed by atoms with Crippen molar-refractivity contribution in [2.75, 3.05) is 14.2 Å². The number of hydrogen-bond acceptors (Lipinski definition) is 4. The minimum Gasteiger partial charge on any atom is -0.465 e. The lowest BCUT2D eigenvalue weighted by Crippen LogP contribution is -2.19. The monoisotopic (exact) mass is 278 g/mol. The highest BCUT2D eigenvalue weighted by Crippen LogP contribution is 2.30. The van der Waals surface area contributed by atoms with Crippen LogP contribution in [0.1, 0.15) is 56.8 Å². The number of carbonyl (C=O) groups excluding carboxylic acids is 2. The molecule has 1 aromatic rings. The zero-order valence-electron chi connectivity index (χ0n) is 13.0. The summed E-state index contributed by atoms with van der Waals surface area (Å²) in [6.07, 6.45) is 1.47. The molecular formula is C16H22O4. The number of esters is 2.